The summed E-state index contributed by atoms with van der Waals surface area (Å²) in [6.45, 7) is 0. The van der Waals surface area contributed by atoms with Crippen molar-refractivity contribution in [3.8, 4) is 22.3 Å². The summed E-state index contributed by atoms with van der Waals surface area (Å²) < 4.78 is 29.2. The van der Waals surface area contributed by atoms with Gasteiger partial charge in [0.1, 0.15) is 6.33 Å². The van der Waals surface area contributed by atoms with E-state index in [1.165, 1.54) is 46.2 Å². The summed E-state index contributed by atoms with van der Waals surface area (Å²) in [4.78, 5) is 20.0. The topological polar surface area (TPSA) is 89.1 Å². The first-order valence-electron chi connectivity index (χ1n) is 7.98. The van der Waals surface area contributed by atoms with Crippen LogP contribution in [0.1, 0.15) is 21.5 Å². The molecule has 2 unspecified atom stereocenters. The van der Waals surface area contributed by atoms with Gasteiger partial charge in [0.05, 0.1) is 0 Å². The molecular formula is C19H14F2N3O2P. The standard InChI is InChI=1S/C19H14F2N3O2P/c20-19(21,27)18(26)14-4-2-1-3-12(14)16-13(17(22)25)5-10(6-15(16)18)11-7-23-9-24-8-11/h1-9,26H,27H2,(H2,22,25). The Bertz CT molecular complexity index is 1070. The van der Waals surface area contributed by atoms with Crippen molar-refractivity contribution in [1.29, 1.82) is 0 Å². The van der Waals surface area contributed by atoms with E-state index in [9.17, 15) is 18.7 Å². The Kier molecular flexibility index (Phi) is 3.84. The number of primary amides is 1. The molecule has 1 amide bonds. The smallest absolute Gasteiger partial charge is 0.295 e. The van der Waals surface area contributed by atoms with Gasteiger partial charge in [-0.05, 0) is 23.3 Å². The average Bonchev–Trinajstić information content (AvgIpc) is 2.92. The fourth-order valence-corrected chi connectivity index (χ4v) is 3.86. The van der Waals surface area contributed by atoms with Crippen LogP contribution in [0.5, 0.6) is 0 Å². The van der Waals surface area contributed by atoms with Gasteiger partial charge < -0.3 is 10.8 Å². The normalized spacial score (nSPS) is 18.1. The molecule has 4 rings (SSSR count). The summed E-state index contributed by atoms with van der Waals surface area (Å²) in [6, 6.07) is 9.15. The van der Waals surface area contributed by atoms with Crippen molar-refractivity contribution < 1.29 is 18.7 Å². The van der Waals surface area contributed by atoms with Crippen LogP contribution in [0.25, 0.3) is 22.3 Å². The molecule has 0 spiro atoms. The number of carbonyl (C=O) groups is 1. The van der Waals surface area contributed by atoms with Crippen molar-refractivity contribution in [1.82, 2.24) is 9.97 Å². The van der Waals surface area contributed by atoms with Crippen molar-refractivity contribution in [2.75, 3.05) is 0 Å². The average molecular weight is 385 g/mol. The lowest BCUT2D eigenvalue weighted by Crippen LogP contribution is -2.40. The van der Waals surface area contributed by atoms with Crippen molar-refractivity contribution in [2.45, 2.75) is 11.3 Å². The van der Waals surface area contributed by atoms with Crippen LogP contribution >= 0.6 is 9.24 Å². The third-order valence-corrected chi connectivity index (χ3v) is 5.17. The number of hydrogen-bond acceptors (Lipinski definition) is 4. The molecule has 2 atom stereocenters. The number of halogens is 2. The highest BCUT2D eigenvalue weighted by molar-refractivity contribution is 7.18. The number of hydrogen-bond donors (Lipinski definition) is 2. The van der Waals surface area contributed by atoms with Crippen LogP contribution in [0.4, 0.5) is 8.78 Å². The molecule has 3 N–H and O–H groups in total. The predicted molar refractivity (Wildman–Crippen MR) is 99.1 cm³/mol. The Morgan fingerprint density at radius 3 is 2.41 bits per heavy atom. The quantitative estimate of drug-likeness (QED) is 0.679. The van der Waals surface area contributed by atoms with Crippen LogP contribution in [-0.2, 0) is 5.60 Å². The zero-order valence-corrected chi connectivity index (χ0v) is 15.0. The summed E-state index contributed by atoms with van der Waals surface area (Å²) in [7, 11) is 1.39. The molecule has 1 aliphatic carbocycles. The second-order valence-electron chi connectivity index (χ2n) is 6.32. The maximum absolute atomic E-state index is 14.6. The minimum atomic E-state index is -3.59. The molecule has 0 radical (unpaired) electrons. The molecule has 1 aliphatic rings. The number of nitrogens with two attached hydrogens (primary N) is 1. The van der Waals surface area contributed by atoms with E-state index in [-0.39, 0.29) is 22.3 Å². The molecule has 136 valence electrons. The van der Waals surface area contributed by atoms with Crippen LogP contribution in [0, 0.1) is 0 Å². The number of nitrogens with zero attached hydrogens (tertiary/aromatic N) is 2. The Morgan fingerprint density at radius 1 is 1.11 bits per heavy atom. The fourth-order valence-electron chi connectivity index (χ4n) is 3.55. The molecule has 0 saturated heterocycles. The summed E-state index contributed by atoms with van der Waals surface area (Å²) in [5, 5.41) is 11.2. The molecule has 1 aromatic heterocycles. The van der Waals surface area contributed by atoms with Crippen LogP contribution in [-0.4, -0.2) is 26.6 Å². The third kappa shape index (κ3) is 2.46. The highest BCUT2D eigenvalue weighted by Gasteiger charge is 2.57. The van der Waals surface area contributed by atoms with Gasteiger partial charge in [-0.1, -0.05) is 33.5 Å². The number of aliphatic hydroxyl groups is 1. The van der Waals surface area contributed by atoms with Crippen LogP contribution in [0.15, 0.2) is 55.1 Å². The van der Waals surface area contributed by atoms with Gasteiger partial charge in [0.2, 0.25) is 5.91 Å². The lowest BCUT2D eigenvalue weighted by molar-refractivity contribution is -0.0963. The van der Waals surface area contributed by atoms with Crippen LogP contribution < -0.4 is 5.73 Å². The first-order chi connectivity index (χ1) is 12.7. The SMILES string of the molecule is NC(=O)c1cc(-c2cncnc2)cc2c1-c1ccccc1C2(O)C(F)(F)P. The minimum absolute atomic E-state index is 0.0176. The van der Waals surface area contributed by atoms with E-state index < -0.39 is 17.2 Å². The molecule has 3 aromatic rings. The van der Waals surface area contributed by atoms with Gasteiger partial charge in [-0.2, -0.15) is 8.78 Å². The van der Waals surface area contributed by atoms with E-state index in [0.29, 0.717) is 16.7 Å². The molecule has 0 bridgehead atoms. The summed E-state index contributed by atoms with van der Waals surface area (Å²) >= 11 is 0. The summed E-state index contributed by atoms with van der Waals surface area (Å²) in [5.74, 6) is -0.781. The van der Waals surface area contributed by atoms with Crippen molar-refractivity contribution in [2.24, 2.45) is 5.73 Å². The molecule has 0 aliphatic heterocycles. The third-order valence-electron chi connectivity index (χ3n) is 4.76. The first kappa shape index (κ1) is 17.6. The van der Waals surface area contributed by atoms with Crippen LogP contribution in [0.2, 0.25) is 0 Å². The Labute approximate surface area is 155 Å². The molecular weight excluding hydrogens is 371 g/mol. The van der Waals surface area contributed by atoms with Gasteiger partial charge in [-0.25, -0.2) is 9.97 Å². The largest absolute Gasteiger partial charge is 0.374 e. The maximum atomic E-state index is 14.6. The number of alkyl halides is 2. The number of aromatic nitrogens is 2. The number of carbonyl (C=O) groups excluding carboxylic acids is 1. The van der Waals surface area contributed by atoms with E-state index in [0.717, 1.165) is 0 Å². The van der Waals surface area contributed by atoms with Gasteiger partial charge in [0.25, 0.3) is 5.66 Å². The van der Waals surface area contributed by atoms with E-state index in [1.807, 2.05) is 0 Å². The van der Waals surface area contributed by atoms with Gasteiger partial charge in [0.15, 0.2) is 5.60 Å². The Morgan fingerprint density at radius 2 is 1.78 bits per heavy atom. The van der Waals surface area contributed by atoms with E-state index in [4.69, 9.17) is 5.73 Å². The number of benzene rings is 2. The fraction of sp³-hybridized carbons (Fsp3) is 0.105. The van der Waals surface area contributed by atoms with E-state index in [1.54, 1.807) is 18.2 Å². The minimum Gasteiger partial charge on any atom is -0.374 e. The first-order valence-corrected chi connectivity index (χ1v) is 8.55. The molecule has 8 heteroatoms. The summed E-state index contributed by atoms with van der Waals surface area (Å²) in [6.07, 6.45) is 4.30. The number of rotatable bonds is 3. The Balaban J connectivity index is 2.12. The molecule has 0 saturated carbocycles. The Hall–Kier alpha value is -2.76. The van der Waals surface area contributed by atoms with Gasteiger partial charge in [0, 0.05) is 40.2 Å². The monoisotopic (exact) mass is 385 g/mol. The number of fused-ring (bicyclic) bond motifs is 3. The van der Waals surface area contributed by atoms with Crippen molar-refractivity contribution in [3.05, 3.63) is 71.8 Å². The zero-order chi connectivity index (χ0) is 19.4. The highest BCUT2D eigenvalue weighted by Crippen LogP contribution is 2.57. The maximum Gasteiger partial charge on any atom is 0.295 e. The predicted octanol–water partition coefficient (Wildman–Crippen LogP) is 2.93. The second kappa shape index (κ2) is 5.87. The van der Waals surface area contributed by atoms with Gasteiger partial charge in [-0.3, -0.25) is 4.79 Å². The molecule has 27 heavy (non-hydrogen) atoms. The van der Waals surface area contributed by atoms with Crippen molar-refractivity contribution in [3.63, 3.8) is 0 Å². The molecule has 1 heterocycles. The zero-order valence-electron chi connectivity index (χ0n) is 13.9. The summed E-state index contributed by atoms with van der Waals surface area (Å²) in [5.41, 5.74) is 0.783. The molecule has 0 fully saturated rings. The molecule has 2 aromatic carbocycles. The lowest BCUT2D eigenvalue weighted by atomic mass is 9.88. The van der Waals surface area contributed by atoms with Gasteiger partial charge in [-0.15, -0.1) is 0 Å². The lowest BCUT2D eigenvalue weighted by Gasteiger charge is -2.32. The van der Waals surface area contributed by atoms with Crippen molar-refractivity contribution >= 4 is 15.1 Å². The van der Waals surface area contributed by atoms with E-state index in [2.05, 4.69) is 9.97 Å². The second-order valence-corrected chi connectivity index (χ2v) is 7.04. The number of amides is 1. The highest BCUT2D eigenvalue weighted by atomic mass is 31.0. The van der Waals surface area contributed by atoms with Crippen LogP contribution in [0.3, 0.4) is 0 Å². The van der Waals surface area contributed by atoms with Gasteiger partial charge >= 0.3 is 0 Å². The van der Waals surface area contributed by atoms with E-state index >= 15 is 0 Å². The molecule has 5 nitrogen and oxygen atoms in total.